The fourth-order valence-electron chi connectivity index (χ4n) is 3.81. The zero-order valence-electron chi connectivity index (χ0n) is 19.8. The molecule has 2 N–H and O–H groups in total. The van der Waals surface area contributed by atoms with Crippen molar-refractivity contribution >= 4 is 58.4 Å². The van der Waals surface area contributed by atoms with Gasteiger partial charge in [-0.05, 0) is 63.9 Å². The first-order valence-electron chi connectivity index (χ1n) is 10.7. The number of fused-ring (bicyclic) bond motifs is 1. The quantitative estimate of drug-likeness (QED) is 0.445. The number of hydrogen-bond acceptors (Lipinski definition) is 6. The molecule has 0 bridgehead atoms. The third-order valence-corrected chi connectivity index (χ3v) is 5.81. The summed E-state index contributed by atoms with van der Waals surface area (Å²) >= 11 is 12.8. The average molecular weight is 543 g/mol. The molecule has 0 radical (unpaired) electrons. The van der Waals surface area contributed by atoms with E-state index in [9.17, 15) is 19.5 Å². The van der Waals surface area contributed by atoms with E-state index < -0.39 is 23.5 Å². The summed E-state index contributed by atoms with van der Waals surface area (Å²) < 4.78 is 6.18. The number of benzene rings is 2. The molecule has 3 rings (SSSR count). The van der Waals surface area contributed by atoms with Gasteiger partial charge in [0.05, 0.1) is 38.8 Å². The fourth-order valence-corrected chi connectivity index (χ4v) is 4.38. The lowest BCUT2D eigenvalue weighted by atomic mass is 9.98. The summed E-state index contributed by atoms with van der Waals surface area (Å²) in [5, 5.41) is 13.9. The van der Waals surface area contributed by atoms with E-state index >= 15 is 0 Å². The van der Waals surface area contributed by atoms with Crippen molar-refractivity contribution in [3.8, 4) is 5.69 Å². The Hall–Kier alpha value is -2.65. The molecular formula is C24H26Cl3N3O5. The van der Waals surface area contributed by atoms with E-state index in [4.69, 9.17) is 27.9 Å². The number of halogens is 3. The summed E-state index contributed by atoms with van der Waals surface area (Å²) in [7, 11) is 0. The van der Waals surface area contributed by atoms with Crippen molar-refractivity contribution in [2.45, 2.75) is 46.8 Å². The second-order valence-electron chi connectivity index (χ2n) is 8.05. The number of aliphatic hydroxyl groups is 1. The molecule has 1 aromatic heterocycles. The number of carbonyl (C=O) groups excluding carboxylic acids is 2. The SMILES string of the molecule is CCOC(=O)c1c(C)cc2nc(C(O)C(=O)NC(C)C)n(-c3c(Cl)cccc3Cl)c(=O)c2c1C.Cl. The molecule has 11 heteroatoms. The molecule has 8 nitrogen and oxygen atoms in total. The molecule has 35 heavy (non-hydrogen) atoms. The zero-order chi connectivity index (χ0) is 25.3. The van der Waals surface area contributed by atoms with E-state index in [0.717, 1.165) is 4.57 Å². The smallest absolute Gasteiger partial charge is 0.338 e. The highest BCUT2D eigenvalue weighted by Crippen LogP contribution is 2.31. The predicted molar refractivity (Wildman–Crippen MR) is 138 cm³/mol. The van der Waals surface area contributed by atoms with Crippen molar-refractivity contribution in [3.63, 3.8) is 0 Å². The summed E-state index contributed by atoms with van der Waals surface area (Å²) in [5.74, 6) is -1.57. The van der Waals surface area contributed by atoms with Gasteiger partial charge in [0.2, 0.25) is 0 Å². The van der Waals surface area contributed by atoms with E-state index in [-0.39, 0.29) is 63.1 Å². The molecule has 0 saturated heterocycles. The minimum absolute atomic E-state index is 0. The highest BCUT2D eigenvalue weighted by atomic mass is 35.5. The molecule has 0 aliphatic rings. The standard InChI is InChI=1S/C24H25Cl2N3O5.ClH/c1-6-34-24(33)17-12(4)10-16-18(13(17)5)23(32)29(19-14(25)8-7-9-15(19)26)21(28-16)20(30)22(31)27-11(2)3;/h7-11,20,30H,6H2,1-5H3,(H,27,31);1H. The monoisotopic (exact) mass is 541 g/mol. The molecule has 1 heterocycles. The number of rotatable bonds is 6. The van der Waals surface area contributed by atoms with Crippen molar-refractivity contribution in [1.82, 2.24) is 14.9 Å². The van der Waals surface area contributed by atoms with Gasteiger partial charge in [-0.3, -0.25) is 14.2 Å². The number of nitrogens with one attached hydrogen (secondary N) is 1. The van der Waals surface area contributed by atoms with Crippen LogP contribution in [-0.2, 0) is 9.53 Å². The number of amides is 1. The van der Waals surface area contributed by atoms with Gasteiger partial charge in [0.1, 0.15) is 0 Å². The van der Waals surface area contributed by atoms with Gasteiger partial charge in [0.15, 0.2) is 11.9 Å². The van der Waals surface area contributed by atoms with Crippen LogP contribution in [0.5, 0.6) is 0 Å². The van der Waals surface area contributed by atoms with E-state index in [2.05, 4.69) is 10.3 Å². The van der Waals surface area contributed by atoms with Crippen LogP contribution in [0.25, 0.3) is 16.6 Å². The first-order valence-corrected chi connectivity index (χ1v) is 11.4. The van der Waals surface area contributed by atoms with Gasteiger partial charge in [-0.2, -0.15) is 0 Å². The Bertz CT molecular complexity index is 1330. The van der Waals surface area contributed by atoms with Gasteiger partial charge in [0.25, 0.3) is 11.5 Å². The molecular weight excluding hydrogens is 517 g/mol. The van der Waals surface area contributed by atoms with Crippen LogP contribution in [0.15, 0.2) is 29.1 Å². The first kappa shape index (κ1) is 28.6. The van der Waals surface area contributed by atoms with Crippen molar-refractivity contribution in [3.05, 3.63) is 67.2 Å². The highest BCUT2D eigenvalue weighted by molar-refractivity contribution is 6.37. The first-order chi connectivity index (χ1) is 16.0. The second kappa shape index (κ2) is 11.4. The number of para-hydroxylation sites is 1. The molecule has 188 valence electrons. The Morgan fingerprint density at radius 1 is 1.20 bits per heavy atom. The number of aromatic nitrogens is 2. The summed E-state index contributed by atoms with van der Waals surface area (Å²) in [4.78, 5) is 43.6. The summed E-state index contributed by atoms with van der Waals surface area (Å²) in [5.41, 5.74) is 0.769. The fraction of sp³-hybridized carbons (Fsp3) is 0.333. The molecule has 1 unspecified atom stereocenters. The minimum Gasteiger partial charge on any atom is -0.462 e. The largest absolute Gasteiger partial charge is 0.462 e. The Morgan fingerprint density at radius 2 is 1.80 bits per heavy atom. The zero-order valence-corrected chi connectivity index (χ0v) is 22.1. The average Bonchev–Trinajstić information content (AvgIpc) is 2.73. The molecule has 1 atom stereocenters. The van der Waals surface area contributed by atoms with Crippen molar-refractivity contribution in [1.29, 1.82) is 0 Å². The number of esters is 1. The van der Waals surface area contributed by atoms with E-state index in [1.54, 1.807) is 46.8 Å². The Balaban J connectivity index is 0.00000432. The van der Waals surface area contributed by atoms with Gasteiger partial charge in [-0.25, -0.2) is 9.78 Å². The van der Waals surface area contributed by atoms with Crippen LogP contribution in [0.2, 0.25) is 10.0 Å². The number of carbonyl (C=O) groups is 2. The third-order valence-electron chi connectivity index (χ3n) is 5.20. The van der Waals surface area contributed by atoms with Crippen LogP contribution in [0.1, 0.15) is 54.2 Å². The molecule has 1 amide bonds. The Kier molecular flexibility index (Phi) is 9.30. The molecule has 0 saturated carbocycles. The number of aryl methyl sites for hydroxylation is 2. The predicted octanol–water partition coefficient (Wildman–Crippen LogP) is 4.47. The topological polar surface area (TPSA) is 111 Å². The maximum absolute atomic E-state index is 13.9. The molecule has 0 aliphatic carbocycles. The van der Waals surface area contributed by atoms with Crippen molar-refractivity contribution < 1.29 is 19.4 Å². The number of hydrogen-bond donors (Lipinski definition) is 2. The molecule has 0 fully saturated rings. The molecule has 2 aromatic carbocycles. The van der Waals surface area contributed by atoms with E-state index in [1.807, 2.05) is 0 Å². The Morgan fingerprint density at radius 3 is 2.34 bits per heavy atom. The lowest BCUT2D eigenvalue weighted by Crippen LogP contribution is -2.37. The van der Waals surface area contributed by atoms with Gasteiger partial charge >= 0.3 is 5.97 Å². The number of nitrogens with zero attached hydrogens (tertiary/aromatic N) is 2. The van der Waals surface area contributed by atoms with Gasteiger partial charge in [-0.15, -0.1) is 12.4 Å². The maximum atomic E-state index is 13.9. The lowest BCUT2D eigenvalue weighted by Gasteiger charge is -2.21. The second-order valence-corrected chi connectivity index (χ2v) is 8.87. The maximum Gasteiger partial charge on any atom is 0.338 e. The number of ether oxygens (including phenoxy) is 1. The normalized spacial score (nSPS) is 11.8. The molecule has 0 aliphatic heterocycles. The molecule has 3 aromatic rings. The van der Waals surface area contributed by atoms with Gasteiger partial charge in [-0.1, -0.05) is 29.3 Å². The van der Waals surface area contributed by atoms with Crippen LogP contribution >= 0.6 is 35.6 Å². The number of aliphatic hydroxyl groups excluding tert-OH is 1. The summed E-state index contributed by atoms with van der Waals surface area (Å²) in [6, 6.07) is 5.93. The molecule has 0 spiro atoms. The van der Waals surface area contributed by atoms with Crippen molar-refractivity contribution in [2.75, 3.05) is 6.61 Å². The van der Waals surface area contributed by atoms with Crippen LogP contribution in [0.4, 0.5) is 0 Å². The van der Waals surface area contributed by atoms with E-state index in [1.165, 1.54) is 12.1 Å². The Labute approximate surface area is 218 Å². The van der Waals surface area contributed by atoms with Crippen LogP contribution in [0.3, 0.4) is 0 Å². The lowest BCUT2D eigenvalue weighted by molar-refractivity contribution is -0.130. The van der Waals surface area contributed by atoms with Gasteiger partial charge in [0, 0.05) is 6.04 Å². The van der Waals surface area contributed by atoms with Crippen LogP contribution in [0, 0.1) is 13.8 Å². The van der Waals surface area contributed by atoms with Gasteiger partial charge < -0.3 is 15.2 Å². The van der Waals surface area contributed by atoms with Crippen molar-refractivity contribution in [2.24, 2.45) is 0 Å². The summed E-state index contributed by atoms with van der Waals surface area (Å²) in [6.07, 6.45) is -1.79. The van der Waals surface area contributed by atoms with Crippen LogP contribution < -0.4 is 10.9 Å². The highest BCUT2D eigenvalue weighted by Gasteiger charge is 2.29. The van der Waals surface area contributed by atoms with E-state index in [0.29, 0.717) is 11.1 Å². The minimum atomic E-state index is -1.79. The van der Waals surface area contributed by atoms with Crippen LogP contribution in [-0.4, -0.2) is 39.2 Å². The third kappa shape index (κ3) is 5.46. The summed E-state index contributed by atoms with van der Waals surface area (Å²) in [6.45, 7) is 8.64.